The number of nitrogens with one attached hydrogen (secondary N) is 2. The minimum atomic E-state index is -0.302. The van der Waals surface area contributed by atoms with E-state index in [-0.39, 0.29) is 24.1 Å². The first-order chi connectivity index (χ1) is 15.9. The monoisotopic (exact) mass is 465 g/mol. The molecule has 174 valence electrons. The molecule has 1 aliphatic rings. The van der Waals surface area contributed by atoms with Crippen molar-refractivity contribution in [3.8, 4) is 0 Å². The third-order valence-electron chi connectivity index (χ3n) is 5.23. The Balaban J connectivity index is 1.61. The summed E-state index contributed by atoms with van der Waals surface area (Å²) in [6.45, 7) is 6.83. The van der Waals surface area contributed by atoms with Crippen molar-refractivity contribution in [2.24, 2.45) is 4.99 Å². The second-order valence-corrected chi connectivity index (χ2v) is 8.90. The average Bonchev–Trinajstić information content (AvgIpc) is 2.95. The molecular formula is C26H31N3O3S. The summed E-state index contributed by atoms with van der Waals surface area (Å²) < 4.78 is 5.11. The Morgan fingerprint density at radius 3 is 2.64 bits per heavy atom. The molecule has 3 rings (SSSR count). The number of ether oxygens (including phenoxy) is 1. The fourth-order valence-electron chi connectivity index (χ4n) is 3.39. The van der Waals surface area contributed by atoms with Crippen LogP contribution in [0.5, 0.6) is 0 Å². The standard InChI is InChI=1S/C26H31N3O3S/c1-4-32-26(31)16-21-15-25(29-23-14-19(3)18(2)13-22(23)28-21)33-17-24(30)27-12-8-11-20-9-6-5-7-10-20/h5-7,9-10,13-15,28H,4,8,11-12,16-17H2,1-3H3,(H,27,30). The van der Waals surface area contributed by atoms with Gasteiger partial charge in [-0.05, 0) is 68.5 Å². The summed E-state index contributed by atoms with van der Waals surface area (Å²) in [6.07, 6.45) is 3.77. The van der Waals surface area contributed by atoms with Gasteiger partial charge in [-0.15, -0.1) is 0 Å². The number of amides is 1. The summed E-state index contributed by atoms with van der Waals surface area (Å²) in [6, 6.07) is 14.3. The zero-order valence-electron chi connectivity index (χ0n) is 19.4. The van der Waals surface area contributed by atoms with Crippen molar-refractivity contribution < 1.29 is 14.3 Å². The molecule has 6 nitrogen and oxygen atoms in total. The summed E-state index contributed by atoms with van der Waals surface area (Å²) in [5.74, 6) is -0.0780. The molecule has 2 N–H and O–H groups in total. The smallest absolute Gasteiger partial charge is 0.311 e. The molecule has 7 heteroatoms. The van der Waals surface area contributed by atoms with E-state index >= 15 is 0 Å². The van der Waals surface area contributed by atoms with E-state index in [2.05, 4.69) is 22.8 Å². The van der Waals surface area contributed by atoms with Gasteiger partial charge in [-0.3, -0.25) is 9.59 Å². The number of esters is 1. The number of aryl methyl sites for hydroxylation is 3. The number of carbonyl (C=O) groups excluding carboxylic acids is 2. The van der Waals surface area contributed by atoms with Crippen molar-refractivity contribution in [2.75, 3.05) is 24.2 Å². The molecule has 0 spiro atoms. The largest absolute Gasteiger partial charge is 0.466 e. The molecule has 0 bridgehead atoms. The normalized spacial score (nSPS) is 12.6. The van der Waals surface area contributed by atoms with Crippen molar-refractivity contribution >= 4 is 40.1 Å². The van der Waals surface area contributed by atoms with Crippen LogP contribution in [0, 0.1) is 13.8 Å². The van der Waals surface area contributed by atoms with Gasteiger partial charge in [0.1, 0.15) is 0 Å². The van der Waals surface area contributed by atoms with E-state index in [4.69, 9.17) is 9.73 Å². The Labute approximate surface area is 199 Å². The van der Waals surface area contributed by atoms with Crippen LogP contribution in [0.4, 0.5) is 11.4 Å². The molecule has 2 aromatic carbocycles. The van der Waals surface area contributed by atoms with Gasteiger partial charge in [0.25, 0.3) is 0 Å². The third-order valence-corrected chi connectivity index (χ3v) is 6.15. The van der Waals surface area contributed by atoms with Gasteiger partial charge in [-0.2, -0.15) is 0 Å². The minimum Gasteiger partial charge on any atom is -0.466 e. The molecule has 0 saturated carbocycles. The van der Waals surface area contributed by atoms with Crippen LogP contribution in [0.2, 0.25) is 0 Å². The van der Waals surface area contributed by atoms with E-state index in [1.54, 1.807) is 6.92 Å². The summed E-state index contributed by atoms with van der Waals surface area (Å²) in [5, 5.41) is 6.99. The maximum absolute atomic E-state index is 12.4. The molecule has 0 radical (unpaired) electrons. The third kappa shape index (κ3) is 7.79. The van der Waals surface area contributed by atoms with E-state index in [0.717, 1.165) is 35.3 Å². The van der Waals surface area contributed by atoms with E-state index in [0.29, 0.717) is 23.9 Å². The number of anilines is 1. The zero-order valence-corrected chi connectivity index (χ0v) is 20.3. The number of hydrogen-bond acceptors (Lipinski definition) is 6. The van der Waals surface area contributed by atoms with Gasteiger partial charge in [0, 0.05) is 12.2 Å². The molecule has 33 heavy (non-hydrogen) atoms. The molecule has 0 unspecified atom stereocenters. The van der Waals surface area contributed by atoms with Crippen LogP contribution in [0.1, 0.15) is 36.5 Å². The van der Waals surface area contributed by atoms with Gasteiger partial charge in [-0.25, -0.2) is 4.99 Å². The Bertz CT molecular complexity index is 1050. The van der Waals surface area contributed by atoms with Gasteiger partial charge in [0.2, 0.25) is 5.91 Å². The maximum atomic E-state index is 12.4. The van der Waals surface area contributed by atoms with E-state index in [9.17, 15) is 9.59 Å². The van der Waals surface area contributed by atoms with Crippen LogP contribution in [0.15, 0.2) is 59.2 Å². The summed E-state index contributed by atoms with van der Waals surface area (Å²) in [4.78, 5) is 29.2. The van der Waals surface area contributed by atoms with Gasteiger partial charge >= 0.3 is 5.97 Å². The molecule has 1 amide bonds. The highest BCUT2D eigenvalue weighted by atomic mass is 32.2. The average molecular weight is 466 g/mol. The second-order valence-electron chi connectivity index (χ2n) is 7.91. The molecule has 1 heterocycles. The fraction of sp³-hybridized carbons (Fsp3) is 0.346. The number of fused-ring (bicyclic) bond motifs is 1. The summed E-state index contributed by atoms with van der Waals surface area (Å²) in [5.41, 5.74) is 5.87. The highest BCUT2D eigenvalue weighted by molar-refractivity contribution is 8.14. The van der Waals surface area contributed by atoms with Crippen LogP contribution < -0.4 is 10.6 Å². The van der Waals surface area contributed by atoms with Gasteiger partial charge in [0.15, 0.2) is 0 Å². The van der Waals surface area contributed by atoms with E-state index < -0.39 is 0 Å². The lowest BCUT2D eigenvalue weighted by Gasteiger charge is -2.12. The number of nitrogens with zero attached hydrogens (tertiary/aromatic N) is 1. The Morgan fingerprint density at radius 2 is 1.88 bits per heavy atom. The Hall–Kier alpha value is -3.06. The van der Waals surface area contributed by atoms with Gasteiger partial charge in [-0.1, -0.05) is 42.1 Å². The van der Waals surface area contributed by atoms with Crippen molar-refractivity contribution in [1.82, 2.24) is 5.32 Å². The molecule has 2 aromatic rings. The predicted molar refractivity (Wildman–Crippen MR) is 136 cm³/mol. The number of rotatable bonds is 9. The summed E-state index contributed by atoms with van der Waals surface area (Å²) >= 11 is 1.36. The van der Waals surface area contributed by atoms with Crippen molar-refractivity contribution in [2.45, 2.75) is 40.0 Å². The highest BCUT2D eigenvalue weighted by Crippen LogP contribution is 2.33. The van der Waals surface area contributed by atoms with E-state index in [1.165, 1.54) is 17.3 Å². The zero-order chi connectivity index (χ0) is 23.6. The van der Waals surface area contributed by atoms with Crippen LogP contribution in [-0.4, -0.2) is 35.8 Å². The number of benzene rings is 2. The number of carbonyl (C=O) groups is 2. The second kappa shape index (κ2) is 12.3. The molecular weight excluding hydrogens is 434 g/mol. The molecule has 0 fully saturated rings. The first-order valence-electron chi connectivity index (χ1n) is 11.2. The van der Waals surface area contributed by atoms with Gasteiger partial charge in [0.05, 0.1) is 35.2 Å². The van der Waals surface area contributed by atoms with Crippen LogP contribution in [0.25, 0.3) is 0 Å². The highest BCUT2D eigenvalue weighted by Gasteiger charge is 2.16. The van der Waals surface area contributed by atoms with Crippen molar-refractivity contribution in [3.63, 3.8) is 0 Å². The summed E-state index contributed by atoms with van der Waals surface area (Å²) in [7, 11) is 0. The van der Waals surface area contributed by atoms with Crippen LogP contribution in [-0.2, 0) is 20.7 Å². The number of hydrogen-bond donors (Lipinski definition) is 2. The minimum absolute atomic E-state index is 0.0337. The quantitative estimate of drug-likeness (QED) is 0.399. The topological polar surface area (TPSA) is 79.8 Å². The lowest BCUT2D eigenvalue weighted by molar-refractivity contribution is -0.142. The van der Waals surface area contributed by atoms with Crippen molar-refractivity contribution in [1.29, 1.82) is 0 Å². The number of thioether (sulfide) groups is 1. The first-order valence-corrected chi connectivity index (χ1v) is 12.2. The lowest BCUT2D eigenvalue weighted by Crippen LogP contribution is -2.26. The SMILES string of the molecule is CCOC(=O)CC1=CC(SCC(=O)NCCCc2ccccc2)=Nc2cc(C)c(C)cc2N1. The molecule has 0 saturated heterocycles. The van der Waals surface area contributed by atoms with E-state index in [1.807, 2.05) is 50.3 Å². The first kappa shape index (κ1) is 24.6. The Kier molecular flexibility index (Phi) is 9.13. The van der Waals surface area contributed by atoms with Crippen LogP contribution in [0.3, 0.4) is 0 Å². The fourth-order valence-corrected chi connectivity index (χ4v) is 4.16. The molecule has 0 aromatic heterocycles. The molecule has 1 aliphatic heterocycles. The molecule has 0 aliphatic carbocycles. The van der Waals surface area contributed by atoms with Crippen molar-refractivity contribution in [3.05, 3.63) is 70.9 Å². The lowest BCUT2D eigenvalue weighted by atomic mass is 10.1. The maximum Gasteiger partial charge on any atom is 0.311 e. The Morgan fingerprint density at radius 1 is 1.12 bits per heavy atom. The van der Waals surface area contributed by atoms with Gasteiger partial charge < -0.3 is 15.4 Å². The predicted octanol–water partition coefficient (Wildman–Crippen LogP) is 5.08. The van der Waals surface area contributed by atoms with Crippen LogP contribution >= 0.6 is 11.8 Å². The molecule has 0 atom stereocenters. The number of aliphatic imine (C=N–C) groups is 1.